The number of hydrogen-bond acceptors (Lipinski definition) is 3. The van der Waals surface area contributed by atoms with Crippen LogP contribution in [0.2, 0.25) is 0 Å². The van der Waals surface area contributed by atoms with Crippen molar-refractivity contribution in [1.29, 1.82) is 0 Å². The van der Waals surface area contributed by atoms with E-state index in [0.29, 0.717) is 0 Å². The molecule has 0 aliphatic carbocycles. The minimum Gasteiger partial charge on any atom is -0.321 e. The van der Waals surface area contributed by atoms with E-state index in [1.54, 1.807) is 18.2 Å². The summed E-state index contributed by atoms with van der Waals surface area (Å²) in [5.41, 5.74) is 6.52. The molecule has 1 aromatic rings. The predicted octanol–water partition coefficient (Wildman–Crippen LogP) is 1.78. The fourth-order valence-corrected chi connectivity index (χ4v) is 0.954. The van der Waals surface area contributed by atoms with Gasteiger partial charge in [-0.15, -0.1) is 6.58 Å². The number of benzene rings is 1. The molecule has 4 nitrogen and oxygen atoms in total. The van der Waals surface area contributed by atoms with Crippen molar-refractivity contribution in [3.63, 3.8) is 0 Å². The van der Waals surface area contributed by atoms with Crippen LogP contribution in [0.5, 0.6) is 0 Å². The molecule has 0 bridgehead atoms. The van der Waals surface area contributed by atoms with Crippen molar-refractivity contribution in [3.8, 4) is 0 Å². The van der Waals surface area contributed by atoms with Crippen LogP contribution in [0.25, 0.3) is 0 Å². The van der Waals surface area contributed by atoms with E-state index < -0.39 is 4.92 Å². The number of nitrogens with zero attached hydrogens (tertiary/aromatic N) is 1. The Morgan fingerprint density at radius 2 is 2.00 bits per heavy atom. The standard InChI is InChI=1S/C9H10N2O2/c1-2-9(10)7-3-5-8(6-4-7)11(12)13/h2-6,9H,1,10H2/t9-/m1/s1. The van der Waals surface area contributed by atoms with E-state index in [-0.39, 0.29) is 11.7 Å². The van der Waals surface area contributed by atoms with Crippen LogP contribution in [0.3, 0.4) is 0 Å². The van der Waals surface area contributed by atoms with Gasteiger partial charge >= 0.3 is 0 Å². The quantitative estimate of drug-likeness (QED) is 0.435. The molecule has 68 valence electrons. The van der Waals surface area contributed by atoms with Gasteiger partial charge in [0.15, 0.2) is 0 Å². The molecule has 1 aromatic carbocycles. The zero-order chi connectivity index (χ0) is 9.84. The van der Waals surface area contributed by atoms with Crippen LogP contribution in [0.1, 0.15) is 11.6 Å². The fourth-order valence-electron chi connectivity index (χ4n) is 0.954. The van der Waals surface area contributed by atoms with Gasteiger partial charge in [-0.2, -0.15) is 0 Å². The number of nitro benzene ring substituents is 1. The van der Waals surface area contributed by atoms with Crippen molar-refractivity contribution in [1.82, 2.24) is 0 Å². The zero-order valence-electron chi connectivity index (χ0n) is 7.01. The largest absolute Gasteiger partial charge is 0.321 e. The highest BCUT2D eigenvalue weighted by Gasteiger charge is 2.06. The summed E-state index contributed by atoms with van der Waals surface area (Å²) in [7, 11) is 0. The third kappa shape index (κ3) is 2.13. The Kier molecular flexibility index (Phi) is 2.76. The lowest BCUT2D eigenvalue weighted by Gasteiger charge is -2.04. The lowest BCUT2D eigenvalue weighted by Crippen LogP contribution is -2.05. The number of nitrogens with two attached hydrogens (primary N) is 1. The van der Waals surface area contributed by atoms with E-state index in [4.69, 9.17) is 5.73 Å². The molecule has 4 heteroatoms. The van der Waals surface area contributed by atoms with Gasteiger partial charge in [0.25, 0.3) is 5.69 Å². The van der Waals surface area contributed by atoms with Gasteiger partial charge in [0.05, 0.1) is 4.92 Å². The molecule has 1 atom stereocenters. The van der Waals surface area contributed by atoms with Gasteiger partial charge in [-0.05, 0) is 5.56 Å². The second-order valence-electron chi connectivity index (χ2n) is 2.61. The number of nitro groups is 1. The lowest BCUT2D eigenvalue weighted by atomic mass is 10.1. The first-order chi connectivity index (χ1) is 6.15. The third-order valence-corrected chi connectivity index (χ3v) is 1.74. The Balaban J connectivity index is 2.93. The summed E-state index contributed by atoms with van der Waals surface area (Å²) in [5.74, 6) is 0. The highest BCUT2D eigenvalue weighted by molar-refractivity contribution is 5.35. The smallest absolute Gasteiger partial charge is 0.269 e. The lowest BCUT2D eigenvalue weighted by molar-refractivity contribution is -0.384. The maximum atomic E-state index is 10.3. The third-order valence-electron chi connectivity index (χ3n) is 1.74. The van der Waals surface area contributed by atoms with Gasteiger partial charge in [0.2, 0.25) is 0 Å². The summed E-state index contributed by atoms with van der Waals surface area (Å²) in [6.07, 6.45) is 1.58. The predicted molar refractivity (Wildman–Crippen MR) is 50.2 cm³/mol. The maximum absolute atomic E-state index is 10.3. The first-order valence-corrected chi connectivity index (χ1v) is 3.77. The minimum absolute atomic E-state index is 0.0695. The number of rotatable bonds is 3. The van der Waals surface area contributed by atoms with Crippen LogP contribution in [0.15, 0.2) is 36.9 Å². The Bertz CT molecular complexity index is 319. The molecule has 2 N–H and O–H groups in total. The van der Waals surface area contributed by atoms with E-state index in [9.17, 15) is 10.1 Å². The summed E-state index contributed by atoms with van der Waals surface area (Å²) < 4.78 is 0. The van der Waals surface area contributed by atoms with Crippen LogP contribution in [0.4, 0.5) is 5.69 Å². The molecule has 0 radical (unpaired) electrons. The Labute approximate surface area is 75.8 Å². The molecule has 13 heavy (non-hydrogen) atoms. The summed E-state index contributed by atoms with van der Waals surface area (Å²) in [6.45, 7) is 3.54. The minimum atomic E-state index is -0.441. The molecule has 0 aliphatic rings. The van der Waals surface area contributed by atoms with Crippen molar-refractivity contribution in [2.45, 2.75) is 6.04 Å². The monoisotopic (exact) mass is 178 g/mol. The Morgan fingerprint density at radius 3 is 2.38 bits per heavy atom. The van der Waals surface area contributed by atoms with Crippen LogP contribution < -0.4 is 5.73 Å². The number of hydrogen-bond donors (Lipinski definition) is 1. The molecule has 0 amide bonds. The fraction of sp³-hybridized carbons (Fsp3) is 0.111. The van der Waals surface area contributed by atoms with Crippen molar-refractivity contribution in [2.24, 2.45) is 5.73 Å². The molecule has 1 rings (SSSR count). The van der Waals surface area contributed by atoms with Crippen molar-refractivity contribution in [3.05, 3.63) is 52.6 Å². The van der Waals surface area contributed by atoms with E-state index in [0.717, 1.165) is 5.56 Å². The summed E-state index contributed by atoms with van der Waals surface area (Å²) in [6, 6.07) is 5.85. The molecule has 0 saturated heterocycles. The van der Waals surface area contributed by atoms with E-state index in [1.165, 1.54) is 12.1 Å². The van der Waals surface area contributed by atoms with Crippen LogP contribution in [-0.4, -0.2) is 4.92 Å². The Morgan fingerprint density at radius 1 is 1.46 bits per heavy atom. The van der Waals surface area contributed by atoms with E-state index in [1.807, 2.05) is 0 Å². The maximum Gasteiger partial charge on any atom is 0.269 e. The molecular formula is C9H10N2O2. The zero-order valence-corrected chi connectivity index (χ0v) is 7.01. The molecule has 0 saturated carbocycles. The van der Waals surface area contributed by atoms with Gasteiger partial charge in [-0.1, -0.05) is 18.2 Å². The first kappa shape index (κ1) is 9.41. The second-order valence-corrected chi connectivity index (χ2v) is 2.61. The van der Waals surface area contributed by atoms with Crippen LogP contribution in [0, 0.1) is 10.1 Å². The molecule has 0 fully saturated rings. The van der Waals surface area contributed by atoms with Crippen molar-refractivity contribution >= 4 is 5.69 Å². The summed E-state index contributed by atoms with van der Waals surface area (Å²) in [4.78, 5) is 9.86. The Hall–Kier alpha value is -1.68. The van der Waals surface area contributed by atoms with Crippen molar-refractivity contribution < 1.29 is 4.92 Å². The molecular weight excluding hydrogens is 168 g/mol. The van der Waals surface area contributed by atoms with Gasteiger partial charge in [-0.25, -0.2) is 0 Å². The highest BCUT2D eigenvalue weighted by atomic mass is 16.6. The van der Waals surface area contributed by atoms with E-state index >= 15 is 0 Å². The molecule has 0 spiro atoms. The normalized spacial score (nSPS) is 12.1. The molecule has 0 aromatic heterocycles. The van der Waals surface area contributed by atoms with Crippen molar-refractivity contribution in [2.75, 3.05) is 0 Å². The SMILES string of the molecule is C=C[C@@H](N)c1ccc([N+](=O)[O-])cc1. The second kappa shape index (κ2) is 3.82. The summed E-state index contributed by atoms with van der Waals surface area (Å²) >= 11 is 0. The van der Waals surface area contributed by atoms with Gasteiger partial charge in [-0.3, -0.25) is 10.1 Å². The van der Waals surface area contributed by atoms with Gasteiger partial charge in [0.1, 0.15) is 0 Å². The van der Waals surface area contributed by atoms with Gasteiger partial charge < -0.3 is 5.73 Å². The molecule has 0 unspecified atom stereocenters. The van der Waals surface area contributed by atoms with Gasteiger partial charge in [0, 0.05) is 18.2 Å². The van der Waals surface area contributed by atoms with Crippen LogP contribution >= 0.6 is 0 Å². The average molecular weight is 178 g/mol. The van der Waals surface area contributed by atoms with E-state index in [2.05, 4.69) is 6.58 Å². The van der Waals surface area contributed by atoms with Crippen LogP contribution in [-0.2, 0) is 0 Å². The first-order valence-electron chi connectivity index (χ1n) is 3.77. The highest BCUT2D eigenvalue weighted by Crippen LogP contribution is 2.16. The molecule has 0 aliphatic heterocycles. The number of non-ortho nitro benzene ring substituents is 1. The molecule has 0 heterocycles. The average Bonchev–Trinajstić information content (AvgIpc) is 2.17. The topological polar surface area (TPSA) is 69.2 Å². The summed E-state index contributed by atoms with van der Waals surface area (Å²) in [5, 5.41) is 10.3.